The number of aliphatic carboxylic acids is 2. The average molecular weight is 368 g/mol. The molecule has 2 unspecified atom stereocenters. The van der Waals surface area contributed by atoms with Crippen LogP contribution in [0.1, 0.15) is 23.2 Å². The van der Waals surface area contributed by atoms with Gasteiger partial charge in [0.2, 0.25) is 5.91 Å². The van der Waals surface area contributed by atoms with Gasteiger partial charge in [0.05, 0.1) is 25.2 Å². The Bertz CT molecular complexity index is 825. The first-order chi connectivity index (χ1) is 13.0. The van der Waals surface area contributed by atoms with E-state index >= 15 is 0 Å². The van der Waals surface area contributed by atoms with E-state index in [1.807, 2.05) is 60.7 Å². The first-order valence-corrected chi connectivity index (χ1v) is 8.54. The van der Waals surface area contributed by atoms with Gasteiger partial charge in [-0.1, -0.05) is 60.7 Å². The van der Waals surface area contributed by atoms with Crippen molar-refractivity contribution in [1.29, 1.82) is 0 Å². The second kappa shape index (κ2) is 8.01. The zero-order chi connectivity index (χ0) is 19.4. The minimum absolute atomic E-state index is 0.150. The number of hydrogen-bond acceptors (Lipinski definition) is 4. The molecule has 3 rings (SSSR count). The highest BCUT2D eigenvalue weighted by Gasteiger charge is 2.43. The highest BCUT2D eigenvalue weighted by atomic mass is 16.4. The largest absolute Gasteiger partial charge is 0.480 e. The van der Waals surface area contributed by atoms with Crippen molar-refractivity contribution >= 4 is 17.8 Å². The van der Waals surface area contributed by atoms with Gasteiger partial charge in [0.25, 0.3) is 0 Å². The van der Waals surface area contributed by atoms with E-state index in [1.165, 1.54) is 4.90 Å². The molecule has 1 aliphatic rings. The van der Waals surface area contributed by atoms with Crippen molar-refractivity contribution < 1.29 is 24.6 Å². The van der Waals surface area contributed by atoms with Crippen LogP contribution in [-0.4, -0.2) is 57.5 Å². The number of carboxylic acids is 2. The highest BCUT2D eigenvalue weighted by Crippen LogP contribution is 2.41. The zero-order valence-corrected chi connectivity index (χ0v) is 14.6. The van der Waals surface area contributed by atoms with Gasteiger partial charge < -0.3 is 15.1 Å². The standard InChI is InChI=1S/C20H20N2O5/c23-16-11-21(12-17(24)25)19(14-7-3-1-4-8-14)20(22(16)13-18(26)27)15-9-5-2-6-10-15/h1-10,19-20H,11-13H2,(H,24,25)(H,26,27). The van der Waals surface area contributed by atoms with Crippen molar-refractivity contribution in [3.05, 3.63) is 71.8 Å². The van der Waals surface area contributed by atoms with Crippen LogP contribution >= 0.6 is 0 Å². The summed E-state index contributed by atoms with van der Waals surface area (Å²) < 4.78 is 0. The van der Waals surface area contributed by atoms with E-state index in [4.69, 9.17) is 0 Å². The summed E-state index contributed by atoms with van der Waals surface area (Å²) in [5, 5.41) is 18.6. The summed E-state index contributed by atoms with van der Waals surface area (Å²) in [5.41, 5.74) is 1.59. The van der Waals surface area contributed by atoms with Crippen molar-refractivity contribution in [2.45, 2.75) is 12.1 Å². The summed E-state index contributed by atoms with van der Waals surface area (Å²) >= 11 is 0. The summed E-state index contributed by atoms with van der Waals surface area (Å²) in [7, 11) is 0. The van der Waals surface area contributed by atoms with Gasteiger partial charge >= 0.3 is 11.9 Å². The third-order valence-electron chi connectivity index (χ3n) is 4.61. The van der Waals surface area contributed by atoms with Gasteiger partial charge in [-0.25, -0.2) is 0 Å². The van der Waals surface area contributed by atoms with Gasteiger partial charge in [0, 0.05) is 0 Å². The summed E-state index contributed by atoms with van der Waals surface area (Å²) in [6, 6.07) is 17.3. The van der Waals surface area contributed by atoms with E-state index in [0.29, 0.717) is 0 Å². The van der Waals surface area contributed by atoms with Crippen molar-refractivity contribution in [3.63, 3.8) is 0 Å². The Morgan fingerprint density at radius 2 is 1.30 bits per heavy atom. The van der Waals surface area contributed by atoms with Crippen molar-refractivity contribution in [2.24, 2.45) is 0 Å². The maximum absolute atomic E-state index is 12.7. The first-order valence-electron chi connectivity index (χ1n) is 8.54. The zero-order valence-electron chi connectivity index (χ0n) is 14.6. The molecule has 27 heavy (non-hydrogen) atoms. The molecule has 1 aliphatic heterocycles. The molecule has 1 heterocycles. The Morgan fingerprint density at radius 3 is 1.78 bits per heavy atom. The molecule has 0 spiro atoms. The van der Waals surface area contributed by atoms with Crippen LogP contribution in [0.15, 0.2) is 60.7 Å². The van der Waals surface area contributed by atoms with Crippen LogP contribution in [0.3, 0.4) is 0 Å². The second-order valence-electron chi connectivity index (χ2n) is 6.43. The molecule has 0 radical (unpaired) electrons. The van der Waals surface area contributed by atoms with Crippen LogP contribution in [-0.2, 0) is 14.4 Å². The quantitative estimate of drug-likeness (QED) is 0.807. The Morgan fingerprint density at radius 1 is 0.815 bits per heavy atom. The topological polar surface area (TPSA) is 98.2 Å². The molecule has 0 aromatic heterocycles. The summed E-state index contributed by atoms with van der Waals surface area (Å²) in [6.45, 7) is -0.902. The monoisotopic (exact) mass is 368 g/mol. The molecule has 2 aromatic carbocycles. The summed E-state index contributed by atoms with van der Waals surface area (Å²) in [6.07, 6.45) is 0. The first kappa shape index (κ1) is 18.6. The normalized spacial score (nSPS) is 20.4. The predicted octanol–water partition coefficient (Wildman–Crippen LogP) is 1.78. The lowest BCUT2D eigenvalue weighted by Gasteiger charge is -2.46. The van der Waals surface area contributed by atoms with Gasteiger partial charge in [-0.05, 0) is 11.1 Å². The number of carbonyl (C=O) groups is 3. The smallest absolute Gasteiger partial charge is 0.323 e. The van der Waals surface area contributed by atoms with Crippen LogP contribution in [0.25, 0.3) is 0 Å². The van der Waals surface area contributed by atoms with E-state index in [2.05, 4.69) is 0 Å². The SMILES string of the molecule is O=C(O)CN1CC(=O)N(CC(=O)O)C(c2ccccc2)C1c1ccccc1. The van der Waals surface area contributed by atoms with Gasteiger partial charge in [-0.3, -0.25) is 19.3 Å². The van der Waals surface area contributed by atoms with Crippen molar-refractivity contribution in [1.82, 2.24) is 9.80 Å². The van der Waals surface area contributed by atoms with Gasteiger partial charge in [0.15, 0.2) is 0 Å². The minimum atomic E-state index is -1.11. The van der Waals surface area contributed by atoms with E-state index in [9.17, 15) is 24.6 Å². The van der Waals surface area contributed by atoms with Crippen LogP contribution < -0.4 is 0 Å². The molecule has 0 aliphatic carbocycles. The molecule has 1 fully saturated rings. The lowest BCUT2D eigenvalue weighted by atomic mass is 9.88. The maximum atomic E-state index is 12.7. The summed E-state index contributed by atoms with van der Waals surface area (Å²) in [5.74, 6) is -2.55. The predicted molar refractivity (Wildman–Crippen MR) is 96.9 cm³/mol. The third kappa shape index (κ3) is 4.15. The van der Waals surface area contributed by atoms with E-state index in [-0.39, 0.29) is 13.1 Å². The second-order valence-corrected chi connectivity index (χ2v) is 6.43. The number of benzene rings is 2. The van der Waals surface area contributed by atoms with E-state index in [1.54, 1.807) is 4.90 Å². The number of hydrogen-bond donors (Lipinski definition) is 2. The van der Waals surface area contributed by atoms with Crippen LogP contribution in [0.5, 0.6) is 0 Å². The molecule has 140 valence electrons. The van der Waals surface area contributed by atoms with E-state index in [0.717, 1.165) is 11.1 Å². The van der Waals surface area contributed by atoms with Crippen LogP contribution in [0, 0.1) is 0 Å². The van der Waals surface area contributed by atoms with Crippen LogP contribution in [0.2, 0.25) is 0 Å². The molecular weight excluding hydrogens is 348 g/mol. The molecular formula is C20H20N2O5. The van der Waals surface area contributed by atoms with Gasteiger partial charge in [0.1, 0.15) is 6.54 Å². The molecule has 2 aromatic rings. The molecule has 2 N–H and O–H groups in total. The average Bonchev–Trinajstić information content (AvgIpc) is 2.64. The Labute approximate surface area is 156 Å². The van der Waals surface area contributed by atoms with E-state index < -0.39 is 36.5 Å². The molecule has 7 nitrogen and oxygen atoms in total. The minimum Gasteiger partial charge on any atom is -0.480 e. The fourth-order valence-electron chi connectivity index (χ4n) is 3.60. The lowest BCUT2D eigenvalue weighted by molar-refractivity contribution is -0.155. The highest BCUT2D eigenvalue weighted by molar-refractivity contribution is 5.85. The van der Waals surface area contributed by atoms with Crippen molar-refractivity contribution in [2.75, 3.05) is 19.6 Å². The van der Waals surface area contributed by atoms with Gasteiger partial charge in [-0.2, -0.15) is 0 Å². The third-order valence-corrected chi connectivity index (χ3v) is 4.61. The van der Waals surface area contributed by atoms with Crippen LogP contribution in [0.4, 0.5) is 0 Å². The van der Waals surface area contributed by atoms with Gasteiger partial charge in [-0.15, -0.1) is 0 Å². The number of piperazine rings is 1. The number of carboxylic acid groups (broad SMARTS) is 2. The number of rotatable bonds is 6. The lowest BCUT2D eigenvalue weighted by Crippen LogP contribution is -2.55. The molecule has 0 saturated carbocycles. The molecule has 1 amide bonds. The summed E-state index contributed by atoms with van der Waals surface area (Å²) in [4.78, 5) is 38.4. The fraction of sp³-hybridized carbons (Fsp3) is 0.250. The molecule has 0 bridgehead atoms. The molecule has 1 saturated heterocycles. The number of amides is 1. The van der Waals surface area contributed by atoms with Crippen molar-refractivity contribution in [3.8, 4) is 0 Å². The Kier molecular flexibility index (Phi) is 5.52. The number of nitrogens with zero attached hydrogens (tertiary/aromatic N) is 2. The molecule has 7 heteroatoms. The fourth-order valence-corrected chi connectivity index (χ4v) is 3.60. The number of carbonyl (C=O) groups excluding carboxylic acids is 1. The Hall–Kier alpha value is -3.19. The Balaban J connectivity index is 2.13. The molecule has 2 atom stereocenters. The maximum Gasteiger partial charge on any atom is 0.323 e.